The lowest BCUT2D eigenvalue weighted by Crippen LogP contribution is -2.43. The second kappa shape index (κ2) is 6.53. The smallest absolute Gasteiger partial charge is 0.171 e. The van der Waals surface area contributed by atoms with E-state index in [0.717, 1.165) is 6.42 Å². The summed E-state index contributed by atoms with van der Waals surface area (Å²) in [5.41, 5.74) is 0.313. The van der Waals surface area contributed by atoms with Gasteiger partial charge in [0.1, 0.15) is 0 Å². The summed E-state index contributed by atoms with van der Waals surface area (Å²) in [5, 5.41) is 6.71. The van der Waals surface area contributed by atoms with Gasteiger partial charge in [-0.3, -0.25) is 0 Å². The van der Waals surface area contributed by atoms with Crippen LogP contribution in [0.1, 0.15) is 32.6 Å². The molecule has 19 heavy (non-hydrogen) atoms. The molecular formula is C14H18ClFN2S. The van der Waals surface area contributed by atoms with Crippen LogP contribution < -0.4 is 10.6 Å². The number of benzene rings is 1. The highest BCUT2D eigenvalue weighted by Gasteiger charge is 2.21. The molecule has 1 aliphatic rings. The lowest BCUT2D eigenvalue weighted by molar-refractivity contribution is 0.309. The summed E-state index contributed by atoms with van der Waals surface area (Å²) >= 11 is 11.0. The van der Waals surface area contributed by atoms with Crippen LogP contribution in [0, 0.1) is 11.7 Å². The van der Waals surface area contributed by atoms with Gasteiger partial charge in [0, 0.05) is 6.04 Å². The fraction of sp³-hybridized carbons (Fsp3) is 0.500. The van der Waals surface area contributed by atoms with Crippen molar-refractivity contribution in [3.8, 4) is 0 Å². The van der Waals surface area contributed by atoms with Crippen LogP contribution in [-0.4, -0.2) is 11.2 Å². The van der Waals surface area contributed by atoms with Crippen molar-refractivity contribution >= 4 is 34.6 Å². The van der Waals surface area contributed by atoms with E-state index in [2.05, 4.69) is 17.6 Å². The lowest BCUT2D eigenvalue weighted by atomic mass is 9.86. The Morgan fingerprint density at radius 1 is 1.37 bits per heavy atom. The first-order valence-corrected chi connectivity index (χ1v) is 7.38. The minimum absolute atomic E-state index is 0.0961. The van der Waals surface area contributed by atoms with E-state index in [1.165, 1.54) is 25.3 Å². The Balaban J connectivity index is 1.95. The molecule has 2 atom stereocenters. The van der Waals surface area contributed by atoms with Crippen molar-refractivity contribution in [2.24, 2.45) is 5.92 Å². The molecule has 0 aliphatic heterocycles. The number of hydrogen-bond acceptors (Lipinski definition) is 1. The fourth-order valence-corrected chi connectivity index (χ4v) is 2.89. The first-order chi connectivity index (χ1) is 9.08. The third kappa shape index (κ3) is 3.80. The van der Waals surface area contributed by atoms with Crippen LogP contribution in [0.15, 0.2) is 18.2 Å². The SMILES string of the molecule is C[C@H]1CCCC[C@@H]1NC(=S)Nc1cccc(Cl)c1F. The summed E-state index contributed by atoms with van der Waals surface area (Å²) < 4.78 is 13.7. The molecular weight excluding hydrogens is 283 g/mol. The second-order valence-electron chi connectivity index (χ2n) is 5.07. The number of rotatable bonds is 2. The number of anilines is 1. The molecule has 0 unspecified atom stereocenters. The van der Waals surface area contributed by atoms with Crippen molar-refractivity contribution in [3.05, 3.63) is 29.0 Å². The van der Waals surface area contributed by atoms with Gasteiger partial charge in [-0.15, -0.1) is 0 Å². The molecule has 0 saturated heterocycles. The topological polar surface area (TPSA) is 24.1 Å². The molecule has 0 amide bonds. The largest absolute Gasteiger partial charge is 0.359 e. The van der Waals surface area contributed by atoms with Crippen molar-refractivity contribution in [1.82, 2.24) is 5.32 Å². The van der Waals surface area contributed by atoms with E-state index < -0.39 is 5.82 Å². The van der Waals surface area contributed by atoms with Gasteiger partial charge in [-0.25, -0.2) is 4.39 Å². The average Bonchev–Trinajstić information content (AvgIpc) is 2.38. The zero-order chi connectivity index (χ0) is 13.8. The van der Waals surface area contributed by atoms with Gasteiger partial charge in [-0.2, -0.15) is 0 Å². The minimum Gasteiger partial charge on any atom is -0.359 e. The maximum Gasteiger partial charge on any atom is 0.171 e. The Morgan fingerprint density at radius 3 is 2.84 bits per heavy atom. The van der Waals surface area contributed by atoms with Crippen LogP contribution in [0.25, 0.3) is 0 Å². The molecule has 0 bridgehead atoms. The summed E-state index contributed by atoms with van der Waals surface area (Å²) in [6.07, 6.45) is 4.82. The van der Waals surface area contributed by atoms with Crippen molar-refractivity contribution in [2.45, 2.75) is 38.6 Å². The molecule has 1 saturated carbocycles. The molecule has 0 radical (unpaired) electrons. The molecule has 1 aromatic rings. The Kier molecular flexibility index (Phi) is 4.99. The quantitative estimate of drug-likeness (QED) is 0.794. The van der Waals surface area contributed by atoms with E-state index in [1.54, 1.807) is 12.1 Å². The van der Waals surface area contributed by atoms with Gasteiger partial charge < -0.3 is 10.6 Å². The van der Waals surface area contributed by atoms with Gasteiger partial charge in [0.25, 0.3) is 0 Å². The van der Waals surface area contributed by atoms with Crippen molar-refractivity contribution in [1.29, 1.82) is 0 Å². The number of thiocarbonyl (C=S) groups is 1. The van der Waals surface area contributed by atoms with Crippen LogP contribution in [0.2, 0.25) is 5.02 Å². The van der Waals surface area contributed by atoms with Gasteiger partial charge >= 0.3 is 0 Å². The molecule has 2 N–H and O–H groups in total. The Bertz CT molecular complexity index is 467. The molecule has 0 aromatic heterocycles. The molecule has 2 rings (SSSR count). The van der Waals surface area contributed by atoms with Gasteiger partial charge in [-0.05, 0) is 43.1 Å². The van der Waals surface area contributed by atoms with Crippen LogP contribution in [0.4, 0.5) is 10.1 Å². The number of halogens is 2. The summed E-state index contributed by atoms with van der Waals surface area (Å²) in [5.74, 6) is 0.128. The number of hydrogen-bond donors (Lipinski definition) is 2. The summed E-state index contributed by atoms with van der Waals surface area (Å²) in [6, 6.07) is 5.21. The van der Waals surface area contributed by atoms with E-state index in [9.17, 15) is 4.39 Å². The maximum absolute atomic E-state index is 13.7. The molecule has 5 heteroatoms. The van der Waals surface area contributed by atoms with Crippen molar-refractivity contribution < 1.29 is 4.39 Å². The highest BCUT2D eigenvalue weighted by Crippen LogP contribution is 2.25. The van der Waals surface area contributed by atoms with E-state index >= 15 is 0 Å². The van der Waals surface area contributed by atoms with Crippen LogP contribution in [0.5, 0.6) is 0 Å². The van der Waals surface area contributed by atoms with Gasteiger partial charge in [-0.1, -0.05) is 37.4 Å². The molecule has 1 aliphatic carbocycles. The third-order valence-electron chi connectivity index (χ3n) is 3.63. The van der Waals surface area contributed by atoms with E-state index in [1.807, 2.05) is 0 Å². The van der Waals surface area contributed by atoms with Gasteiger partial charge in [0.2, 0.25) is 0 Å². The van der Waals surface area contributed by atoms with Crippen LogP contribution >= 0.6 is 23.8 Å². The number of nitrogens with one attached hydrogen (secondary N) is 2. The van der Waals surface area contributed by atoms with E-state index in [0.29, 0.717) is 22.8 Å². The second-order valence-corrected chi connectivity index (χ2v) is 5.88. The molecule has 1 aromatic carbocycles. The third-order valence-corrected chi connectivity index (χ3v) is 4.14. The predicted molar refractivity (Wildman–Crippen MR) is 82.2 cm³/mol. The maximum atomic E-state index is 13.7. The normalized spacial score (nSPS) is 22.9. The fourth-order valence-electron chi connectivity index (χ4n) is 2.46. The summed E-state index contributed by atoms with van der Waals surface area (Å²) in [7, 11) is 0. The van der Waals surface area contributed by atoms with Crippen LogP contribution in [0.3, 0.4) is 0 Å². The molecule has 2 nitrogen and oxygen atoms in total. The van der Waals surface area contributed by atoms with Gasteiger partial charge in [0.05, 0.1) is 10.7 Å². The molecule has 104 valence electrons. The monoisotopic (exact) mass is 300 g/mol. The molecule has 1 fully saturated rings. The predicted octanol–water partition coefficient (Wildman–Crippen LogP) is 4.34. The first-order valence-electron chi connectivity index (χ1n) is 6.59. The molecule has 0 heterocycles. The Hall–Kier alpha value is -0.870. The van der Waals surface area contributed by atoms with Gasteiger partial charge in [0.15, 0.2) is 10.9 Å². The first kappa shape index (κ1) is 14.5. The minimum atomic E-state index is -0.468. The Labute approximate surface area is 123 Å². The van der Waals surface area contributed by atoms with Crippen LogP contribution in [-0.2, 0) is 0 Å². The summed E-state index contributed by atoms with van der Waals surface area (Å²) in [6.45, 7) is 2.22. The molecule has 0 spiro atoms. The van der Waals surface area contributed by atoms with E-state index in [-0.39, 0.29) is 5.02 Å². The Morgan fingerprint density at radius 2 is 2.11 bits per heavy atom. The highest BCUT2D eigenvalue weighted by molar-refractivity contribution is 7.80. The highest BCUT2D eigenvalue weighted by atomic mass is 35.5. The average molecular weight is 301 g/mol. The van der Waals surface area contributed by atoms with Crippen molar-refractivity contribution in [3.63, 3.8) is 0 Å². The van der Waals surface area contributed by atoms with Crippen molar-refractivity contribution in [2.75, 3.05) is 5.32 Å². The summed E-state index contributed by atoms with van der Waals surface area (Å²) in [4.78, 5) is 0. The zero-order valence-corrected chi connectivity index (χ0v) is 12.5. The zero-order valence-electron chi connectivity index (χ0n) is 10.9. The van der Waals surface area contributed by atoms with E-state index in [4.69, 9.17) is 23.8 Å². The lowest BCUT2D eigenvalue weighted by Gasteiger charge is -2.30. The standard InChI is InChI=1S/C14H18ClFN2S/c1-9-5-2-3-7-11(9)17-14(19)18-12-8-4-6-10(15)13(12)16/h4,6,8-9,11H,2-3,5,7H2,1H3,(H2,17,18,19)/t9-,11-/m0/s1.